The fourth-order valence-corrected chi connectivity index (χ4v) is 1.91. The Balaban J connectivity index is 2.64. The number of carbonyl (C=O) groups is 1. The van der Waals surface area contributed by atoms with E-state index >= 15 is 0 Å². The zero-order valence-electron chi connectivity index (χ0n) is 7.64. The fraction of sp³-hybridized carbons (Fsp3) is 0.111. The molecule has 3 N–H and O–H groups in total. The fourth-order valence-electron chi connectivity index (χ4n) is 1.38. The first-order valence-corrected chi connectivity index (χ1v) is 5.01. The van der Waals surface area contributed by atoms with Crippen LogP contribution in [0.15, 0.2) is 22.9 Å². The number of nitrogen functional groups attached to an aromatic ring is 1. The molecule has 78 valence electrons. The Bertz CT molecular complexity index is 535. The van der Waals surface area contributed by atoms with Crippen molar-refractivity contribution in [3.8, 4) is 0 Å². The number of carboxylic acid groups (broad SMARTS) is 1. The lowest BCUT2D eigenvalue weighted by molar-refractivity contribution is -0.136. The van der Waals surface area contributed by atoms with Gasteiger partial charge in [0.15, 0.2) is 0 Å². The van der Waals surface area contributed by atoms with Gasteiger partial charge in [-0.2, -0.15) is 0 Å². The smallest absolute Gasteiger partial charge is 0.311 e. The number of aromatic nitrogens is 2. The summed E-state index contributed by atoms with van der Waals surface area (Å²) in [7, 11) is 0. The van der Waals surface area contributed by atoms with Crippen LogP contribution in [0.4, 0.5) is 5.69 Å². The van der Waals surface area contributed by atoms with Crippen molar-refractivity contribution in [2.45, 2.75) is 6.42 Å². The predicted octanol–water partition coefficient (Wildman–Crippen LogP) is 1.31. The van der Waals surface area contributed by atoms with Gasteiger partial charge < -0.3 is 10.8 Å². The van der Waals surface area contributed by atoms with Gasteiger partial charge in [0.1, 0.15) is 16.8 Å². The predicted molar refractivity (Wildman–Crippen MR) is 58.6 cm³/mol. The van der Waals surface area contributed by atoms with Crippen LogP contribution in [0.5, 0.6) is 0 Å². The summed E-state index contributed by atoms with van der Waals surface area (Å²) in [5.41, 5.74) is 7.00. The van der Waals surface area contributed by atoms with Crippen LogP contribution >= 0.6 is 15.9 Å². The van der Waals surface area contributed by atoms with Crippen LogP contribution in [0, 0.1) is 0 Å². The number of carboxylic acids is 1. The molecule has 2 aromatic rings. The first-order chi connectivity index (χ1) is 7.08. The van der Waals surface area contributed by atoms with E-state index in [0.29, 0.717) is 16.1 Å². The van der Waals surface area contributed by atoms with Gasteiger partial charge in [-0.25, -0.2) is 4.98 Å². The van der Waals surface area contributed by atoms with Crippen molar-refractivity contribution < 1.29 is 9.90 Å². The maximum atomic E-state index is 10.6. The number of nitrogens with two attached hydrogens (primary N) is 1. The van der Waals surface area contributed by atoms with Crippen LogP contribution in [0.3, 0.4) is 0 Å². The minimum Gasteiger partial charge on any atom is -0.481 e. The van der Waals surface area contributed by atoms with Crippen molar-refractivity contribution in [2.24, 2.45) is 0 Å². The minimum absolute atomic E-state index is 0.129. The van der Waals surface area contributed by atoms with Gasteiger partial charge in [0.25, 0.3) is 0 Å². The Hall–Kier alpha value is -1.56. The standard InChI is InChI=1S/C9H8BrN3O2/c10-9-6-2-1-5(11)4-13(6)7(12-9)3-8(14)15/h1-2,4H,3,11H2,(H,14,15). The summed E-state index contributed by atoms with van der Waals surface area (Å²) in [6.07, 6.45) is 1.53. The van der Waals surface area contributed by atoms with Crippen LogP contribution < -0.4 is 5.73 Å². The number of hydrogen-bond donors (Lipinski definition) is 2. The third-order valence-corrected chi connectivity index (χ3v) is 2.58. The molecule has 0 spiro atoms. The molecule has 0 aliphatic heterocycles. The second kappa shape index (κ2) is 3.54. The normalized spacial score (nSPS) is 10.7. The molecule has 0 saturated carbocycles. The summed E-state index contributed by atoms with van der Waals surface area (Å²) in [4.78, 5) is 14.7. The van der Waals surface area contributed by atoms with E-state index in [1.807, 2.05) is 0 Å². The Morgan fingerprint density at radius 3 is 3.00 bits per heavy atom. The molecule has 0 radical (unpaired) electrons. The summed E-state index contributed by atoms with van der Waals surface area (Å²) < 4.78 is 2.30. The van der Waals surface area contributed by atoms with Crippen molar-refractivity contribution in [1.29, 1.82) is 0 Å². The number of anilines is 1. The Morgan fingerprint density at radius 1 is 1.60 bits per heavy atom. The average Bonchev–Trinajstić information content (AvgIpc) is 2.42. The number of halogens is 1. The van der Waals surface area contributed by atoms with E-state index in [-0.39, 0.29) is 6.42 Å². The molecular formula is C9H8BrN3O2. The molecule has 0 aromatic carbocycles. The van der Waals surface area contributed by atoms with Gasteiger partial charge in [0.2, 0.25) is 0 Å². The number of fused-ring (bicyclic) bond motifs is 1. The summed E-state index contributed by atoms with van der Waals surface area (Å²) in [5.74, 6) is -0.464. The van der Waals surface area contributed by atoms with Gasteiger partial charge >= 0.3 is 5.97 Å². The van der Waals surface area contributed by atoms with E-state index in [1.54, 1.807) is 22.7 Å². The number of hydrogen-bond acceptors (Lipinski definition) is 3. The Kier molecular flexibility index (Phi) is 2.36. The van der Waals surface area contributed by atoms with Crippen molar-refractivity contribution >= 4 is 33.1 Å². The highest BCUT2D eigenvalue weighted by molar-refractivity contribution is 9.10. The molecule has 0 atom stereocenters. The first kappa shape index (κ1) is 9.97. The van der Waals surface area contributed by atoms with E-state index < -0.39 is 5.97 Å². The Labute approximate surface area is 93.7 Å². The van der Waals surface area contributed by atoms with Crippen LogP contribution in [0.1, 0.15) is 5.82 Å². The van der Waals surface area contributed by atoms with Crippen LogP contribution in [0.2, 0.25) is 0 Å². The molecule has 6 heteroatoms. The number of aliphatic carboxylic acids is 1. The summed E-state index contributed by atoms with van der Waals surface area (Å²) in [6.45, 7) is 0. The number of nitrogens with zero attached hydrogens (tertiary/aromatic N) is 2. The lowest BCUT2D eigenvalue weighted by Crippen LogP contribution is -2.05. The molecule has 0 amide bonds. The SMILES string of the molecule is Nc1ccc2c(Br)nc(CC(=O)O)n2c1. The molecule has 5 nitrogen and oxygen atoms in total. The molecule has 2 aromatic heterocycles. The van der Waals surface area contributed by atoms with Crippen molar-refractivity contribution in [2.75, 3.05) is 5.73 Å². The quantitative estimate of drug-likeness (QED) is 0.862. The van der Waals surface area contributed by atoms with E-state index in [1.165, 1.54) is 0 Å². The number of pyridine rings is 1. The molecule has 2 heterocycles. The molecular weight excluding hydrogens is 262 g/mol. The molecule has 0 aliphatic carbocycles. The zero-order chi connectivity index (χ0) is 11.0. The lowest BCUT2D eigenvalue weighted by atomic mass is 10.3. The van der Waals surface area contributed by atoms with E-state index in [9.17, 15) is 4.79 Å². The van der Waals surface area contributed by atoms with Gasteiger partial charge in [-0.3, -0.25) is 9.20 Å². The van der Waals surface area contributed by atoms with E-state index in [4.69, 9.17) is 10.8 Å². The topological polar surface area (TPSA) is 80.6 Å². The van der Waals surface area contributed by atoms with Crippen LogP contribution in [0.25, 0.3) is 5.52 Å². The van der Waals surface area contributed by atoms with Gasteiger partial charge in [-0.15, -0.1) is 0 Å². The molecule has 2 rings (SSSR count). The molecule has 0 fully saturated rings. The van der Waals surface area contributed by atoms with Crippen LogP contribution in [-0.4, -0.2) is 20.5 Å². The third-order valence-electron chi connectivity index (χ3n) is 2.00. The second-order valence-corrected chi connectivity index (χ2v) is 3.86. The van der Waals surface area contributed by atoms with Crippen LogP contribution in [-0.2, 0) is 11.2 Å². The lowest BCUT2D eigenvalue weighted by Gasteiger charge is -1.99. The molecule has 0 aliphatic rings. The van der Waals surface area contributed by atoms with Crippen molar-refractivity contribution in [3.63, 3.8) is 0 Å². The van der Waals surface area contributed by atoms with Gasteiger partial charge in [-0.1, -0.05) is 0 Å². The first-order valence-electron chi connectivity index (χ1n) is 4.21. The minimum atomic E-state index is -0.920. The molecule has 0 bridgehead atoms. The zero-order valence-corrected chi connectivity index (χ0v) is 9.23. The molecule has 0 saturated heterocycles. The number of rotatable bonds is 2. The largest absolute Gasteiger partial charge is 0.481 e. The highest BCUT2D eigenvalue weighted by Gasteiger charge is 2.11. The van der Waals surface area contributed by atoms with Gasteiger partial charge in [0.05, 0.1) is 5.52 Å². The second-order valence-electron chi connectivity index (χ2n) is 3.11. The summed E-state index contributed by atoms with van der Waals surface area (Å²) >= 11 is 3.27. The maximum Gasteiger partial charge on any atom is 0.311 e. The highest BCUT2D eigenvalue weighted by atomic mass is 79.9. The van der Waals surface area contributed by atoms with E-state index in [0.717, 1.165) is 5.52 Å². The number of imidazole rings is 1. The van der Waals surface area contributed by atoms with E-state index in [2.05, 4.69) is 20.9 Å². The third kappa shape index (κ3) is 1.80. The van der Waals surface area contributed by atoms with Crippen molar-refractivity contribution in [3.05, 3.63) is 28.8 Å². The molecule has 15 heavy (non-hydrogen) atoms. The Morgan fingerprint density at radius 2 is 2.33 bits per heavy atom. The molecule has 0 unspecified atom stereocenters. The van der Waals surface area contributed by atoms with Gasteiger partial charge in [0, 0.05) is 11.9 Å². The maximum absolute atomic E-state index is 10.6. The van der Waals surface area contributed by atoms with Crippen molar-refractivity contribution in [1.82, 2.24) is 9.38 Å². The summed E-state index contributed by atoms with van der Waals surface area (Å²) in [5, 5.41) is 8.71. The highest BCUT2D eigenvalue weighted by Crippen LogP contribution is 2.20. The summed E-state index contributed by atoms with van der Waals surface area (Å²) in [6, 6.07) is 3.53. The average molecular weight is 270 g/mol. The monoisotopic (exact) mass is 269 g/mol. The van der Waals surface area contributed by atoms with Gasteiger partial charge in [-0.05, 0) is 28.1 Å².